The number of pyridine rings is 1. The van der Waals surface area contributed by atoms with E-state index < -0.39 is 38.8 Å². The van der Waals surface area contributed by atoms with Crippen LogP contribution in [0, 0.1) is 18.3 Å². The largest absolute Gasteiger partial charge is 0.491 e. The number of hydrogen-bond donors (Lipinski definition) is 1. The number of halogens is 4. The van der Waals surface area contributed by atoms with Gasteiger partial charge in [-0.05, 0) is 43.3 Å². The highest BCUT2D eigenvalue weighted by molar-refractivity contribution is 7.89. The van der Waals surface area contributed by atoms with Gasteiger partial charge in [-0.25, -0.2) is 18.1 Å². The van der Waals surface area contributed by atoms with E-state index in [2.05, 4.69) is 9.97 Å². The Morgan fingerprint density at radius 3 is 2.64 bits per heavy atom. The minimum atomic E-state index is -4.72. The van der Waals surface area contributed by atoms with Crippen molar-refractivity contribution in [1.29, 1.82) is 5.26 Å². The van der Waals surface area contributed by atoms with Crippen molar-refractivity contribution in [3.8, 4) is 22.9 Å². The molecule has 5 aromatic rings. The Morgan fingerprint density at radius 2 is 1.95 bits per heavy atom. The first-order chi connectivity index (χ1) is 20.7. The summed E-state index contributed by atoms with van der Waals surface area (Å²) in [5, 5.41) is 11.1. The molecule has 0 bridgehead atoms. The summed E-state index contributed by atoms with van der Waals surface area (Å²) in [7, 11) is -3.81. The number of thiophene rings is 1. The topological polar surface area (TPSA) is 144 Å². The van der Waals surface area contributed by atoms with Gasteiger partial charge in [-0.1, -0.05) is 11.6 Å². The Labute approximate surface area is 256 Å². The van der Waals surface area contributed by atoms with E-state index in [1.807, 2.05) is 4.72 Å². The number of benzene rings is 2. The van der Waals surface area contributed by atoms with Crippen LogP contribution in [0.2, 0.25) is 5.02 Å². The van der Waals surface area contributed by atoms with E-state index in [4.69, 9.17) is 16.3 Å². The second-order valence-electron chi connectivity index (χ2n) is 9.52. The summed E-state index contributed by atoms with van der Waals surface area (Å²) in [6.07, 6.45) is -2.40. The number of fused-ring (bicyclic) bond motifs is 2. The number of carbonyl (C=O) groups is 1. The van der Waals surface area contributed by atoms with Crippen LogP contribution in [-0.2, 0) is 22.7 Å². The molecule has 0 aliphatic carbocycles. The minimum Gasteiger partial charge on any atom is -0.491 e. The van der Waals surface area contributed by atoms with Crippen LogP contribution in [0.3, 0.4) is 0 Å². The number of aryl methyl sites for hydroxylation is 1. The average Bonchev–Trinajstić information content (AvgIpc) is 3.38. The van der Waals surface area contributed by atoms with Crippen LogP contribution in [0.25, 0.3) is 32.2 Å². The van der Waals surface area contributed by atoms with Crippen molar-refractivity contribution in [2.24, 2.45) is 0 Å². The molecule has 0 saturated heterocycles. The van der Waals surface area contributed by atoms with Gasteiger partial charge in [0, 0.05) is 27.7 Å². The fraction of sp³-hybridized carbons (Fsp3) is 0.179. The van der Waals surface area contributed by atoms with Crippen molar-refractivity contribution in [2.45, 2.75) is 19.6 Å². The van der Waals surface area contributed by atoms with E-state index in [0.717, 1.165) is 12.3 Å². The van der Waals surface area contributed by atoms with E-state index in [9.17, 15) is 36.4 Å². The molecule has 1 N–H and O–H groups in total. The third kappa shape index (κ3) is 6.09. The van der Waals surface area contributed by atoms with Crippen molar-refractivity contribution in [3.63, 3.8) is 0 Å². The van der Waals surface area contributed by atoms with Gasteiger partial charge in [-0.3, -0.25) is 19.1 Å². The lowest BCUT2D eigenvalue weighted by molar-refractivity contribution is -0.137. The number of nitriles is 1. The third-order valence-electron chi connectivity index (χ3n) is 6.48. The first kappa shape index (κ1) is 30.9. The maximum absolute atomic E-state index is 13.3. The zero-order chi connectivity index (χ0) is 32.0. The molecule has 10 nitrogen and oxygen atoms in total. The van der Waals surface area contributed by atoms with E-state index in [1.165, 1.54) is 34.4 Å². The highest BCUT2D eigenvalue weighted by Crippen LogP contribution is 2.39. The fourth-order valence-corrected chi connectivity index (χ4v) is 6.24. The summed E-state index contributed by atoms with van der Waals surface area (Å²) in [5.74, 6) is -0.352. The molecular weight excluding hydrogens is 643 g/mol. The summed E-state index contributed by atoms with van der Waals surface area (Å²) in [5.41, 5.74) is -0.993. The maximum atomic E-state index is 13.3. The molecule has 0 radical (unpaired) electrons. The molecule has 0 spiro atoms. The van der Waals surface area contributed by atoms with E-state index in [1.54, 1.807) is 30.3 Å². The van der Waals surface area contributed by atoms with Gasteiger partial charge in [0.15, 0.2) is 0 Å². The summed E-state index contributed by atoms with van der Waals surface area (Å²) in [4.78, 5) is 34.3. The van der Waals surface area contributed by atoms with E-state index >= 15 is 0 Å². The van der Waals surface area contributed by atoms with E-state index in [-0.39, 0.29) is 41.0 Å². The molecule has 44 heavy (non-hydrogen) atoms. The fourth-order valence-electron chi connectivity index (χ4n) is 4.59. The molecule has 0 saturated carbocycles. The molecule has 0 fully saturated rings. The minimum absolute atomic E-state index is 0.0534. The Bertz CT molecular complexity index is 2190. The van der Waals surface area contributed by atoms with Crippen LogP contribution in [0.1, 0.15) is 27.3 Å². The van der Waals surface area contributed by atoms with Crippen molar-refractivity contribution in [1.82, 2.24) is 19.3 Å². The number of amides is 1. The summed E-state index contributed by atoms with van der Waals surface area (Å²) in [6, 6.07) is 9.53. The van der Waals surface area contributed by atoms with Crippen LogP contribution in [0.15, 0.2) is 52.8 Å². The predicted molar refractivity (Wildman–Crippen MR) is 158 cm³/mol. The molecule has 3 heterocycles. The molecule has 5 rings (SSSR count). The molecule has 1 amide bonds. The predicted octanol–water partition coefficient (Wildman–Crippen LogP) is 5.29. The second kappa shape index (κ2) is 11.5. The Balaban J connectivity index is 1.48. The summed E-state index contributed by atoms with van der Waals surface area (Å²) >= 11 is 7.46. The number of nitrogens with zero attached hydrogens (tertiary/aromatic N) is 4. The van der Waals surface area contributed by atoms with E-state index in [0.29, 0.717) is 32.7 Å². The Kier molecular flexibility index (Phi) is 8.10. The van der Waals surface area contributed by atoms with Crippen LogP contribution >= 0.6 is 22.9 Å². The number of sulfonamides is 1. The molecule has 0 aliphatic heterocycles. The zero-order valence-electron chi connectivity index (χ0n) is 22.7. The molecule has 16 heteroatoms. The lowest BCUT2D eigenvalue weighted by Crippen LogP contribution is -2.29. The summed E-state index contributed by atoms with van der Waals surface area (Å²) in [6.45, 7) is 1.33. The van der Waals surface area contributed by atoms with Crippen molar-refractivity contribution in [3.05, 3.63) is 85.9 Å². The van der Waals surface area contributed by atoms with Crippen LogP contribution in [0.4, 0.5) is 13.2 Å². The lowest BCUT2D eigenvalue weighted by Gasteiger charge is -2.16. The van der Waals surface area contributed by atoms with Gasteiger partial charge < -0.3 is 4.74 Å². The first-order valence-electron chi connectivity index (χ1n) is 12.5. The number of nitrogens with one attached hydrogen (secondary N) is 1. The Morgan fingerprint density at radius 1 is 1.20 bits per heavy atom. The molecule has 226 valence electrons. The van der Waals surface area contributed by atoms with Gasteiger partial charge in [-0.15, -0.1) is 11.3 Å². The second-order valence-corrected chi connectivity index (χ2v) is 12.6. The molecular formula is C28H19ClF3N5O5S2. The monoisotopic (exact) mass is 661 g/mol. The van der Waals surface area contributed by atoms with Gasteiger partial charge >= 0.3 is 6.18 Å². The number of ether oxygens (including phenoxy) is 1. The smallest absolute Gasteiger partial charge is 0.416 e. The van der Waals surface area contributed by atoms with Crippen molar-refractivity contribution >= 4 is 60.0 Å². The van der Waals surface area contributed by atoms with Gasteiger partial charge in [-0.2, -0.15) is 18.4 Å². The first-order valence-corrected chi connectivity index (χ1v) is 15.7. The standard InChI is InChI=1S/C28H19ClF3N5O5S2/c1-14-35-21-10-16(28(30,31)32)9-15(12-33)23(21)27(39)37(14)7-8-42-22-4-3-17(29)11-19(22)18-5-6-34-24-20(13-43-25(18)24)26(38)36-44(2,40)41/h3-6,9-11,13H,7-8H2,1-2H3,(H,36,38). The number of aromatic nitrogens is 3. The van der Waals surface area contributed by atoms with Crippen molar-refractivity contribution in [2.75, 3.05) is 12.9 Å². The normalized spacial score (nSPS) is 11.9. The number of hydrogen-bond acceptors (Lipinski definition) is 9. The van der Waals surface area contributed by atoms with Gasteiger partial charge in [0.1, 0.15) is 24.3 Å². The maximum Gasteiger partial charge on any atom is 0.416 e. The summed E-state index contributed by atoms with van der Waals surface area (Å²) < 4.78 is 72.8. The average molecular weight is 662 g/mol. The number of alkyl halides is 3. The van der Waals surface area contributed by atoms with Crippen LogP contribution in [-0.4, -0.2) is 41.7 Å². The molecule has 3 aromatic heterocycles. The SMILES string of the molecule is Cc1nc2cc(C(F)(F)F)cc(C#N)c2c(=O)n1CCOc1ccc(Cl)cc1-c1ccnc2c(C(=O)NS(C)(=O)=O)csc12. The third-order valence-corrected chi connectivity index (χ3v) is 8.27. The molecule has 0 aliphatic rings. The lowest BCUT2D eigenvalue weighted by atomic mass is 10.0. The van der Waals surface area contributed by atoms with Crippen LogP contribution in [0.5, 0.6) is 5.75 Å². The highest BCUT2D eigenvalue weighted by Gasteiger charge is 2.32. The molecule has 0 atom stereocenters. The van der Waals surface area contributed by atoms with Crippen LogP contribution < -0.4 is 15.0 Å². The molecule has 2 aromatic carbocycles. The zero-order valence-corrected chi connectivity index (χ0v) is 25.1. The van der Waals surface area contributed by atoms with Crippen molar-refractivity contribution < 1.29 is 31.1 Å². The number of rotatable bonds is 7. The van der Waals surface area contributed by atoms with Gasteiger partial charge in [0.2, 0.25) is 10.0 Å². The molecule has 0 unspecified atom stereocenters. The number of carbonyl (C=O) groups excluding carboxylic acids is 1. The van der Waals surface area contributed by atoms with Gasteiger partial charge in [0.25, 0.3) is 11.5 Å². The van der Waals surface area contributed by atoms with Gasteiger partial charge in [0.05, 0.1) is 50.6 Å². The highest BCUT2D eigenvalue weighted by atomic mass is 35.5. The Hall–Kier alpha value is -4.52. The quantitative estimate of drug-likeness (QED) is 0.248.